The molecule has 0 amide bonds. The fourth-order valence-electron chi connectivity index (χ4n) is 2.77. The van der Waals surface area contributed by atoms with Gasteiger partial charge in [0.05, 0.1) is 7.11 Å². The second-order valence-corrected chi connectivity index (χ2v) is 6.05. The van der Waals surface area contributed by atoms with E-state index in [0.29, 0.717) is 6.54 Å². The number of hydrogen-bond donors (Lipinski definition) is 2. The average molecular weight is 358 g/mol. The van der Waals surface area contributed by atoms with Crippen LogP contribution in [-0.4, -0.2) is 47.5 Å². The number of aryl methyl sites for hydroxylation is 2. The molecule has 1 aromatic carbocycles. The van der Waals surface area contributed by atoms with Crippen LogP contribution < -0.4 is 15.4 Å². The molecule has 7 nitrogen and oxygen atoms in total. The number of ether oxygens (including phenoxy) is 1. The lowest BCUT2D eigenvalue weighted by atomic mass is 10.1. The molecule has 0 saturated carbocycles. The van der Waals surface area contributed by atoms with E-state index in [-0.39, 0.29) is 0 Å². The monoisotopic (exact) mass is 358 g/mol. The Bertz CT molecular complexity index is 710. The molecule has 0 aliphatic carbocycles. The van der Waals surface area contributed by atoms with Crippen LogP contribution >= 0.6 is 0 Å². The summed E-state index contributed by atoms with van der Waals surface area (Å²) in [6, 6.07) is 6.24. The molecule has 0 atom stereocenters. The Morgan fingerprint density at radius 2 is 2.12 bits per heavy atom. The highest BCUT2D eigenvalue weighted by Gasteiger charge is 2.04. The van der Waals surface area contributed by atoms with Crippen LogP contribution in [0.3, 0.4) is 0 Å². The Morgan fingerprint density at radius 3 is 2.85 bits per heavy atom. The van der Waals surface area contributed by atoms with E-state index in [1.807, 2.05) is 6.07 Å². The van der Waals surface area contributed by atoms with Crippen LogP contribution in [0, 0.1) is 6.92 Å². The lowest BCUT2D eigenvalue weighted by molar-refractivity contribution is 0.409. The maximum atomic E-state index is 5.44. The van der Waals surface area contributed by atoms with Crippen molar-refractivity contribution >= 4 is 5.96 Å². The standard InChI is InChI=1S/C19H30N6O/c1-5-18-24-23-14-25(18)12-11-22-19(20-6-2)21-10-9-16-13-15(3)7-8-17(16)26-4/h7-8,13-14H,5-6,9-12H2,1-4H3,(H2,20,21,22). The molecule has 2 N–H and O–H groups in total. The van der Waals surface area contributed by atoms with E-state index >= 15 is 0 Å². The summed E-state index contributed by atoms with van der Waals surface area (Å²) in [4.78, 5) is 4.67. The van der Waals surface area contributed by atoms with E-state index in [1.54, 1.807) is 13.4 Å². The fourth-order valence-corrected chi connectivity index (χ4v) is 2.77. The van der Waals surface area contributed by atoms with Crippen molar-refractivity contribution < 1.29 is 4.74 Å². The van der Waals surface area contributed by atoms with Gasteiger partial charge < -0.3 is 19.9 Å². The van der Waals surface area contributed by atoms with E-state index in [2.05, 4.69) is 63.3 Å². The molecule has 0 bridgehead atoms. The van der Waals surface area contributed by atoms with Crippen LogP contribution in [0.5, 0.6) is 5.75 Å². The third kappa shape index (κ3) is 5.75. The summed E-state index contributed by atoms with van der Waals surface area (Å²) in [5.41, 5.74) is 2.42. The van der Waals surface area contributed by atoms with E-state index in [1.165, 1.54) is 11.1 Å². The predicted molar refractivity (Wildman–Crippen MR) is 105 cm³/mol. The molecule has 0 spiro atoms. The maximum absolute atomic E-state index is 5.44. The molecule has 1 heterocycles. The highest BCUT2D eigenvalue weighted by molar-refractivity contribution is 5.79. The minimum Gasteiger partial charge on any atom is -0.496 e. The van der Waals surface area contributed by atoms with Crippen LogP contribution in [-0.2, 0) is 19.4 Å². The van der Waals surface area contributed by atoms with Gasteiger partial charge in [0.2, 0.25) is 0 Å². The number of methoxy groups -OCH3 is 1. The van der Waals surface area contributed by atoms with Gasteiger partial charge in [-0.15, -0.1) is 10.2 Å². The van der Waals surface area contributed by atoms with Crippen molar-refractivity contribution in [3.63, 3.8) is 0 Å². The Kier molecular flexibility index (Phi) is 7.92. The first-order chi connectivity index (χ1) is 12.7. The first kappa shape index (κ1) is 19.8. The van der Waals surface area contributed by atoms with E-state index in [4.69, 9.17) is 4.74 Å². The summed E-state index contributed by atoms with van der Waals surface area (Å²) in [6.07, 6.45) is 3.49. The third-order valence-corrected chi connectivity index (χ3v) is 4.09. The van der Waals surface area contributed by atoms with Crippen LogP contribution in [0.25, 0.3) is 0 Å². The molecule has 26 heavy (non-hydrogen) atoms. The van der Waals surface area contributed by atoms with Crippen molar-refractivity contribution in [2.45, 2.75) is 40.2 Å². The van der Waals surface area contributed by atoms with Gasteiger partial charge in [0.15, 0.2) is 5.96 Å². The maximum Gasteiger partial charge on any atom is 0.191 e. The Morgan fingerprint density at radius 1 is 1.27 bits per heavy atom. The summed E-state index contributed by atoms with van der Waals surface area (Å²) in [5, 5.41) is 14.7. The van der Waals surface area contributed by atoms with E-state index < -0.39 is 0 Å². The minimum atomic E-state index is 0.696. The summed E-state index contributed by atoms with van der Waals surface area (Å²) < 4.78 is 7.50. The number of rotatable bonds is 9. The smallest absolute Gasteiger partial charge is 0.191 e. The molecule has 2 aromatic rings. The Balaban J connectivity index is 1.89. The number of benzene rings is 1. The van der Waals surface area contributed by atoms with Crippen LogP contribution in [0.1, 0.15) is 30.8 Å². The first-order valence-electron chi connectivity index (χ1n) is 9.20. The number of aromatic nitrogens is 3. The summed E-state index contributed by atoms with van der Waals surface area (Å²) in [5.74, 6) is 2.74. The lowest BCUT2D eigenvalue weighted by Crippen LogP contribution is -2.39. The number of nitrogens with one attached hydrogen (secondary N) is 2. The minimum absolute atomic E-state index is 0.696. The molecule has 1 aromatic heterocycles. The van der Waals surface area contributed by atoms with Crippen molar-refractivity contribution in [2.75, 3.05) is 26.7 Å². The molecule has 0 aliphatic rings. The highest BCUT2D eigenvalue weighted by Crippen LogP contribution is 2.20. The van der Waals surface area contributed by atoms with Gasteiger partial charge in [-0.05, 0) is 31.9 Å². The quantitative estimate of drug-likeness (QED) is 0.529. The Labute approximate surface area is 155 Å². The molecule has 0 aliphatic heterocycles. The molecule has 0 unspecified atom stereocenters. The van der Waals surface area contributed by atoms with Crippen molar-refractivity contribution in [3.8, 4) is 5.75 Å². The largest absolute Gasteiger partial charge is 0.496 e. The van der Waals surface area contributed by atoms with Gasteiger partial charge >= 0.3 is 0 Å². The van der Waals surface area contributed by atoms with Gasteiger partial charge in [-0.1, -0.05) is 24.6 Å². The Hall–Kier alpha value is -2.57. The van der Waals surface area contributed by atoms with Gasteiger partial charge in [0, 0.05) is 32.6 Å². The van der Waals surface area contributed by atoms with E-state index in [0.717, 1.165) is 50.0 Å². The zero-order valence-electron chi connectivity index (χ0n) is 16.2. The number of nitrogens with zero attached hydrogens (tertiary/aromatic N) is 4. The molecule has 142 valence electrons. The predicted octanol–water partition coefficient (Wildman–Crippen LogP) is 1.96. The normalized spacial score (nSPS) is 11.5. The zero-order chi connectivity index (χ0) is 18.8. The molecule has 0 saturated heterocycles. The first-order valence-corrected chi connectivity index (χ1v) is 9.20. The van der Waals surface area contributed by atoms with Gasteiger partial charge in [-0.3, -0.25) is 4.99 Å². The lowest BCUT2D eigenvalue weighted by Gasteiger charge is -2.13. The number of aliphatic imine (C=N–C) groups is 1. The van der Waals surface area contributed by atoms with Gasteiger partial charge in [-0.25, -0.2) is 0 Å². The SMILES string of the molecule is CCNC(=NCCc1cc(C)ccc1OC)NCCn1cnnc1CC. The van der Waals surface area contributed by atoms with Gasteiger partial charge in [-0.2, -0.15) is 0 Å². The van der Waals surface area contributed by atoms with Gasteiger partial charge in [0.25, 0.3) is 0 Å². The molecule has 0 fully saturated rings. The van der Waals surface area contributed by atoms with Crippen molar-refractivity contribution in [2.24, 2.45) is 4.99 Å². The number of guanidine groups is 1. The highest BCUT2D eigenvalue weighted by atomic mass is 16.5. The molecule has 0 radical (unpaired) electrons. The van der Waals surface area contributed by atoms with Crippen LogP contribution in [0.15, 0.2) is 29.5 Å². The summed E-state index contributed by atoms with van der Waals surface area (Å²) >= 11 is 0. The average Bonchev–Trinajstić information content (AvgIpc) is 3.09. The number of hydrogen-bond acceptors (Lipinski definition) is 4. The zero-order valence-corrected chi connectivity index (χ0v) is 16.2. The molecule has 7 heteroatoms. The molecular formula is C19H30N6O. The second-order valence-electron chi connectivity index (χ2n) is 6.05. The molecule has 2 rings (SSSR count). The topological polar surface area (TPSA) is 76.4 Å². The van der Waals surface area contributed by atoms with Gasteiger partial charge in [0.1, 0.15) is 17.9 Å². The van der Waals surface area contributed by atoms with Crippen molar-refractivity contribution in [1.82, 2.24) is 25.4 Å². The third-order valence-electron chi connectivity index (χ3n) is 4.09. The van der Waals surface area contributed by atoms with Crippen molar-refractivity contribution in [1.29, 1.82) is 0 Å². The summed E-state index contributed by atoms with van der Waals surface area (Å²) in [6.45, 7) is 9.34. The fraction of sp³-hybridized carbons (Fsp3) is 0.526. The second kappa shape index (κ2) is 10.4. The van der Waals surface area contributed by atoms with Crippen LogP contribution in [0.2, 0.25) is 0 Å². The van der Waals surface area contributed by atoms with Crippen LogP contribution in [0.4, 0.5) is 0 Å². The molecular weight excluding hydrogens is 328 g/mol. The van der Waals surface area contributed by atoms with Crippen molar-refractivity contribution in [3.05, 3.63) is 41.5 Å². The van der Waals surface area contributed by atoms with E-state index in [9.17, 15) is 0 Å². The summed E-state index contributed by atoms with van der Waals surface area (Å²) in [7, 11) is 1.71.